The fourth-order valence-corrected chi connectivity index (χ4v) is 4.38. The quantitative estimate of drug-likeness (QED) is 0.751. The number of hydrogen-bond donors (Lipinski definition) is 1. The highest BCUT2D eigenvalue weighted by Crippen LogP contribution is 2.31. The van der Waals surface area contributed by atoms with Crippen molar-refractivity contribution in [1.29, 1.82) is 0 Å². The van der Waals surface area contributed by atoms with Gasteiger partial charge in [-0.1, -0.05) is 18.5 Å². The topological polar surface area (TPSA) is 82.3 Å². The number of sulfonamides is 1. The van der Waals surface area contributed by atoms with Crippen LogP contribution in [0.2, 0.25) is 5.02 Å². The third-order valence-corrected chi connectivity index (χ3v) is 6.58. The monoisotopic (exact) mass is 393 g/mol. The number of azo groups is 1. The Labute approximate surface area is 158 Å². The predicted molar refractivity (Wildman–Crippen MR) is 101 cm³/mol. The largest absolute Gasteiger partial charge is 0.506 e. The van der Waals surface area contributed by atoms with Gasteiger partial charge in [0.2, 0.25) is 10.0 Å². The molecule has 2 aromatic carbocycles. The van der Waals surface area contributed by atoms with E-state index in [1.807, 2.05) is 0 Å². The number of nitrogens with zero attached hydrogens (tertiary/aromatic N) is 3. The molecular weight excluding hydrogens is 374 g/mol. The lowest BCUT2D eigenvalue weighted by Crippen LogP contribution is -2.37. The summed E-state index contributed by atoms with van der Waals surface area (Å²) >= 11 is 5.87. The molecule has 6 nitrogen and oxygen atoms in total. The van der Waals surface area contributed by atoms with Crippen molar-refractivity contribution in [3.05, 3.63) is 47.5 Å². The molecule has 1 aliphatic heterocycles. The molecule has 0 saturated carbocycles. The van der Waals surface area contributed by atoms with Crippen molar-refractivity contribution < 1.29 is 13.5 Å². The van der Waals surface area contributed by atoms with Crippen LogP contribution in [0, 0.1) is 5.92 Å². The molecule has 1 saturated heterocycles. The van der Waals surface area contributed by atoms with Crippen LogP contribution in [0.5, 0.6) is 5.75 Å². The lowest BCUT2D eigenvalue weighted by molar-refractivity contribution is 0.288. The normalized spacial score (nSPS) is 17.0. The number of piperidine rings is 1. The molecule has 0 unspecified atom stereocenters. The van der Waals surface area contributed by atoms with Gasteiger partial charge in [0.1, 0.15) is 11.4 Å². The number of aromatic hydroxyl groups is 1. The molecule has 1 fully saturated rings. The van der Waals surface area contributed by atoms with Gasteiger partial charge in [-0.25, -0.2) is 8.42 Å². The summed E-state index contributed by atoms with van der Waals surface area (Å²) in [5.41, 5.74) is 0.729. The third kappa shape index (κ3) is 4.23. The Balaban J connectivity index is 1.76. The number of hydrogen-bond acceptors (Lipinski definition) is 5. The van der Waals surface area contributed by atoms with Crippen LogP contribution in [-0.2, 0) is 10.0 Å². The fraction of sp³-hybridized carbons (Fsp3) is 0.333. The van der Waals surface area contributed by atoms with Crippen molar-refractivity contribution in [2.45, 2.75) is 24.7 Å². The summed E-state index contributed by atoms with van der Waals surface area (Å²) in [5, 5.41) is 18.1. The van der Waals surface area contributed by atoms with Gasteiger partial charge >= 0.3 is 0 Å². The second-order valence-corrected chi connectivity index (χ2v) is 8.79. The molecule has 0 amide bonds. The van der Waals surface area contributed by atoms with Gasteiger partial charge in [-0.3, -0.25) is 0 Å². The van der Waals surface area contributed by atoms with Gasteiger partial charge < -0.3 is 5.11 Å². The smallest absolute Gasteiger partial charge is 0.243 e. The van der Waals surface area contributed by atoms with Crippen LogP contribution in [0.1, 0.15) is 19.8 Å². The summed E-state index contributed by atoms with van der Waals surface area (Å²) in [4.78, 5) is 0.247. The molecule has 1 N–H and O–H groups in total. The van der Waals surface area contributed by atoms with E-state index < -0.39 is 10.0 Å². The second kappa shape index (κ2) is 7.73. The van der Waals surface area contributed by atoms with Crippen molar-refractivity contribution in [3.8, 4) is 5.75 Å². The zero-order valence-corrected chi connectivity index (χ0v) is 15.9. The van der Waals surface area contributed by atoms with Crippen LogP contribution in [0.15, 0.2) is 57.6 Å². The van der Waals surface area contributed by atoms with E-state index in [-0.39, 0.29) is 16.3 Å². The molecule has 0 aliphatic carbocycles. The molecular formula is C18H20ClN3O3S. The van der Waals surface area contributed by atoms with Crippen molar-refractivity contribution in [3.63, 3.8) is 0 Å². The van der Waals surface area contributed by atoms with Crippen molar-refractivity contribution in [1.82, 2.24) is 4.31 Å². The fourth-order valence-electron chi connectivity index (χ4n) is 2.75. The summed E-state index contributed by atoms with van der Waals surface area (Å²) in [6.45, 7) is 3.25. The predicted octanol–water partition coefficient (Wildman–Crippen LogP) is 4.88. The molecule has 0 bridgehead atoms. The molecule has 0 atom stereocenters. The van der Waals surface area contributed by atoms with Crippen LogP contribution in [0.25, 0.3) is 0 Å². The summed E-state index contributed by atoms with van der Waals surface area (Å²) < 4.78 is 26.9. The van der Waals surface area contributed by atoms with Crippen LogP contribution in [-0.4, -0.2) is 30.9 Å². The Hall–Kier alpha value is -1.96. The van der Waals surface area contributed by atoms with Gasteiger partial charge in [0.25, 0.3) is 0 Å². The zero-order chi connectivity index (χ0) is 18.7. The first kappa shape index (κ1) is 18.8. The summed E-state index contributed by atoms with van der Waals surface area (Å²) in [7, 11) is -3.48. The Morgan fingerprint density at radius 1 is 1.08 bits per heavy atom. The van der Waals surface area contributed by atoms with E-state index in [1.165, 1.54) is 28.6 Å². The van der Waals surface area contributed by atoms with Gasteiger partial charge in [-0.15, -0.1) is 5.11 Å². The Bertz CT molecular complexity index is 906. The summed E-state index contributed by atoms with van der Waals surface area (Å²) in [5.74, 6) is 0.531. The maximum Gasteiger partial charge on any atom is 0.243 e. The molecule has 138 valence electrons. The molecule has 26 heavy (non-hydrogen) atoms. The Morgan fingerprint density at radius 2 is 1.73 bits per heavy atom. The van der Waals surface area contributed by atoms with Crippen LogP contribution in [0.4, 0.5) is 11.4 Å². The van der Waals surface area contributed by atoms with Gasteiger partial charge in [0.15, 0.2) is 0 Å². The maximum absolute atomic E-state index is 12.7. The third-order valence-electron chi connectivity index (χ3n) is 4.43. The minimum atomic E-state index is -3.48. The summed E-state index contributed by atoms with van der Waals surface area (Å²) in [6.07, 6.45) is 1.77. The minimum Gasteiger partial charge on any atom is -0.506 e. The van der Waals surface area contributed by atoms with Gasteiger partial charge in [-0.05, 0) is 61.2 Å². The van der Waals surface area contributed by atoms with Crippen LogP contribution >= 0.6 is 11.6 Å². The van der Waals surface area contributed by atoms with Crippen LogP contribution < -0.4 is 0 Å². The molecule has 1 heterocycles. The van der Waals surface area contributed by atoms with Gasteiger partial charge in [0.05, 0.1) is 10.6 Å². The SMILES string of the molecule is CC1CCN(S(=O)(=O)c2ccc(N=Nc3cc(Cl)ccc3O)cc2)CC1. The Morgan fingerprint density at radius 3 is 2.38 bits per heavy atom. The average molecular weight is 394 g/mol. The number of phenolic OH excluding ortho intramolecular Hbond substituents is 1. The van der Waals surface area contributed by atoms with E-state index in [1.54, 1.807) is 18.2 Å². The zero-order valence-electron chi connectivity index (χ0n) is 14.3. The molecule has 0 radical (unpaired) electrons. The first-order chi connectivity index (χ1) is 12.4. The van der Waals surface area contributed by atoms with Crippen LogP contribution in [0.3, 0.4) is 0 Å². The molecule has 1 aliphatic rings. The maximum atomic E-state index is 12.7. The van der Waals surface area contributed by atoms with E-state index in [0.29, 0.717) is 29.7 Å². The molecule has 0 spiro atoms. The molecule has 8 heteroatoms. The highest BCUT2D eigenvalue weighted by molar-refractivity contribution is 7.89. The number of phenols is 1. The van der Waals surface area contributed by atoms with Gasteiger partial charge in [-0.2, -0.15) is 9.42 Å². The molecule has 2 aromatic rings. The first-order valence-corrected chi connectivity index (χ1v) is 10.2. The second-order valence-electron chi connectivity index (χ2n) is 6.41. The number of halogens is 1. The van der Waals surface area contributed by atoms with Gasteiger partial charge in [0, 0.05) is 18.1 Å². The van der Waals surface area contributed by atoms with E-state index in [9.17, 15) is 13.5 Å². The Kier molecular flexibility index (Phi) is 5.60. The van der Waals surface area contributed by atoms with Crippen molar-refractivity contribution >= 4 is 33.0 Å². The van der Waals surface area contributed by atoms with E-state index in [0.717, 1.165) is 12.8 Å². The lowest BCUT2D eigenvalue weighted by atomic mass is 10.0. The molecule has 0 aromatic heterocycles. The summed E-state index contributed by atoms with van der Waals surface area (Å²) in [6, 6.07) is 10.7. The number of benzene rings is 2. The highest BCUT2D eigenvalue weighted by Gasteiger charge is 2.27. The van der Waals surface area contributed by atoms with E-state index >= 15 is 0 Å². The van der Waals surface area contributed by atoms with Crippen molar-refractivity contribution in [2.75, 3.05) is 13.1 Å². The highest BCUT2D eigenvalue weighted by atomic mass is 35.5. The van der Waals surface area contributed by atoms with E-state index in [4.69, 9.17) is 11.6 Å². The van der Waals surface area contributed by atoms with Crippen molar-refractivity contribution in [2.24, 2.45) is 16.1 Å². The molecule has 3 rings (SSSR count). The average Bonchev–Trinajstić information content (AvgIpc) is 2.63. The minimum absolute atomic E-state index is 0.0309. The van der Waals surface area contributed by atoms with E-state index in [2.05, 4.69) is 17.2 Å². The first-order valence-electron chi connectivity index (χ1n) is 8.37. The number of rotatable bonds is 4. The lowest BCUT2D eigenvalue weighted by Gasteiger charge is -2.29. The standard InChI is InChI=1S/C18H20ClN3O3S/c1-13-8-10-22(11-9-13)26(24,25)16-5-3-15(4-6-16)20-21-17-12-14(19)2-7-18(17)23/h2-7,12-13,23H,8-11H2,1H3.